The van der Waals surface area contributed by atoms with Crippen molar-refractivity contribution >= 4 is 0 Å². The third kappa shape index (κ3) is 1.46. The lowest BCUT2D eigenvalue weighted by Crippen LogP contribution is -1.91. The van der Waals surface area contributed by atoms with E-state index in [2.05, 4.69) is 20.9 Å². The van der Waals surface area contributed by atoms with E-state index in [0.717, 1.165) is 11.1 Å². The van der Waals surface area contributed by atoms with Gasteiger partial charge in [0.2, 0.25) is 0 Å². The average molecular weight is 181 g/mol. The molecule has 66 valence electrons. The van der Waals surface area contributed by atoms with E-state index in [9.17, 15) is 0 Å². The van der Waals surface area contributed by atoms with Gasteiger partial charge in [0, 0.05) is 11.1 Å². The standard InChI is InChI=1S/C11H7N3/c1-2-9-5-3-4-6-10(9)11-13-7-12-8-14-11/h1,3-8H. The number of nitrogens with zero attached hydrogens (tertiary/aromatic N) is 3. The Kier molecular flexibility index (Phi) is 2.20. The second-order valence-corrected chi connectivity index (χ2v) is 2.65. The summed E-state index contributed by atoms with van der Waals surface area (Å²) in [5, 5.41) is 0. The number of benzene rings is 1. The summed E-state index contributed by atoms with van der Waals surface area (Å²) >= 11 is 0. The van der Waals surface area contributed by atoms with E-state index >= 15 is 0 Å². The summed E-state index contributed by atoms with van der Waals surface area (Å²) in [6.07, 6.45) is 8.27. The van der Waals surface area contributed by atoms with E-state index in [-0.39, 0.29) is 0 Å². The Morgan fingerprint density at radius 2 is 1.79 bits per heavy atom. The van der Waals surface area contributed by atoms with Crippen molar-refractivity contribution in [2.45, 2.75) is 0 Å². The van der Waals surface area contributed by atoms with Gasteiger partial charge in [-0.05, 0) is 12.1 Å². The lowest BCUT2D eigenvalue weighted by atomic mass is 10.1. The monoisotopic (exact) mass is 181 g/mol. The third-order valence-electron chi connectivity index (χ3n) is 1.82. The highest BCUT2D eigenvalue weighted by Crippen LogP contribution is 2.17. The molecule has 0 aliphatic heterocycles. The highest BCUT2D eigenvalue weighted by molar-refractivity contribution is 5.64. The highest BCUT2D eigenvalue weighted by Gasteiger charge is 2.03. The lowest BCUT2D eigenvalue weighted by Gasteiger charge is -2.00. The van der Waals surface area contributed by atoms with Crippen molar-refractivity contribution in [1.29, 1.82) is 0 Å². The van der Waals surface area contributed by atoms with Crippen LogP contribution in [0.3, 0.4) is 0 Å². The van der Waals surface area contributed by atoms with Gasteiger partial charge in [-0.25, -0.2) is 15.0 Å². The molecule has 14 heavy (non-hydrogen) atoms. The molecular formula is C11H7N3. The first kappa shape index (κ1) is 8.39. The molecule has 1 heterocycles. The van der Waals surface area contributed by atoms with Crippen molar-refractivity contribution in [2.24, 2.45) is 0 Å². The van der Waals surface area contributed by atoms with Crippen molar-refractivity contribution in [3.05, 3.63) is 42.5 Å². The van der Waals surface area contributed by atoms with Crippen molar-refractivity contribution in [2.75, 3.05) is 0 Å². The zero-order valence-electron chi connectivity index (χ0n) is 7.38. The van der Waals surface area contributed by atoms with Gasteiger partial charge >= 0.3 is 0 Å². The predicted octanol–water partition coefficient (Wildman–Crippen LogP) is 1.52. The minimum atomic E-state index is 0.605. The van der Waals surface area contributed by atoms with Gasteiger partial charge in [0.15, 0.2) is 5.82 Å². The van der Waals surface area contributed by atoms with Gasteiger partial charge < -0.3 is 0 Å². The summed E-state index contributed by atoms with van der Waals surface area (Å²) in [4.78, 5) is 11.8. The van der Waals surface area contributed by atoms with Crippen molar-refractivity contribution in [1.82, 2.24) is 15.0 Å². The fourth-order valence-corrected chi connectivity index (χ4v) is 1.18. The Morgan fingerprint density at radius 1 is 1.07 bits per heavy atom. The van der Waals surface area contributed by atoms with Crippen molar-refractivity contribution in [3.63, 3.8) is 0 Å². The molecule has 0 bridgehead atoms. The Bertz CT molecular complexity index is 471. The summed E-state index contributed by atoms with van der Waals surface area (Å²) in [6.45, 7) is 0. The van der Waals surface area contributed by atoms with Crippen LogP contribution in [0.2, 0.25) is 0 Å². The molecule has 0 aliphatic carbocycles. The van der Waals surface area contributed by atoms with Crippen LogP contribution in [0.4, 0.5) is 0 Å². The Morgan fingerprint density at radius 3 is 2.50 bits per heavy atom. The van der Waals surface area contributed by atoms with Crippen LogP contribution >= 0.6 is 0 Å². The van der Waals surface area contributed by atoms with Gasteiger partial charge in [-0.1, -0.05) is 18.1 Å². The molecule has 3 nitrogen and oxygen atoms in total. The van der Waals surface area contributed by atoms with Crippen LogP contribution in [0.1, 0.15) is 5.56 Å². The molecule has 0 N–H and O–H groups in total. The molecule has 0 spiro atoms. The van der Waals surface area contributed by atoms with Gasteiger partial charge in [-0.15, -0.1) is 6.42 Å². The number of hydrogen-bond acceptors (Lipinski definition) is 3. The van der Waals surface area contributed by atoms with E-state index in [1.54, 1.807) is 0 Å². The topological polar surface area (TPSA) is 38.7 Å². The Hall–Kier alpha value is -2.21. The van der Waals surface area contributed by atoms with Crippen LogP contribution in [0.25, 0.3) is 11.4 Å². The minimum Gasteiger partial charge on any atom is -0.225 e. The molecule has 2 aromatic rings. The van der Waals surface area contributed by atoms with E-state index in [4.69, 9.17) is 6.42 Å². The quantitative estimate of drug-likeness (QED) is 0.626. The van der Waals surface area contributed by atoms with Crippen LogP contribution < -0.4 is 0 Å². The number of terminal acetylenes is 1. The largest absolute Gasteiger partial charge is 0.225 e. The second-order valence-electron chi connectivity index (χ2n) is 2.65. The first-order chi connectivity index (χ1) is 6.92. The first-order valence-corrected chi connectivity index (χ1v) is 4.10. The van der Waals surface area contributed by atoms with E-state index < -0.39 is 0 Å². The fourth-order valence-electron chi connectivity index (χ4n) is 1.18. The van der Waals surface area contributed by atoms with Gasteiger partial charge in [0.25, 0.3) is 0 Å². The number of rotatable bonds is 1. The summed E-state index contributed by atoms with van der Waals surface area (Å²) in [5.74, 6) is 3.20. The van der Waals surface area contributed by atoms with Crippen LogP contribution in [0, 0.1) is 12.3 Å². The molecule has 3 heteroatoms. The average Bonchev–Trinajstić information content (AvgIpc) is 2.30. The number of aromatic nitrogens is 3. The Balaban J connectivity index is 2.58. The summed E-state index contributed by atoms with van der Waals surface area (Å²) in [7, 11) is 0. The molecule has 0 amide bonds. The molecule has 0 aliphatic rings. The molecule has 1 aromatic carbocycles. The van der Waals surface area contributed by atoms with Gasteiger partial charge in [0.1, 0.15) is 12.7 Å². The normalized spacial score (nSPS) is 9.36. The molecule has 0 radical (unpaired) electrons. The van der Waals surface area contributed by atoms with Gasteiger partial charge in [0.05, 0.1) is 0 Å². The van der Waals surface area contributed by atoms with E-state index in [0.29, 0.717) is 5.82 Å². The maximum Gasteiger partial charge on any atom is 0.163 e. The smallest absolute Gasteiger partial charge is 0.163 e. The summed E-state index contributed by atoms with van der Waals surface area (Å²) < 4.78 is 0. The first-order valence-electron chi connectivity index (χ1n) is 4.10. The second kappa shape index (κ2) is 3.67. The molecule has 2 rings (SSSR count). The zero-order valence-corrected chi connectivity index (χ0v) is 7.38. The Labute approximate surface area is 81.9 Å². The van der Waals surface area contributed by atoms with Gasteiger partial charge in [-0.2, -0.15) is 0 Å². The maximum absolute atomic E-state index is 5.37. The molecule has 0 saturated heterocycles. The van der Waals surface area contributed by atoms with Crippen LogP contribution in [-0.2, 0) is 0 Å². The van der Waals surface area contributed by atoms with E-state index in [1.165, 1.54) is 12.7 Å². The molecule has 1 aromatic heterocycles. The molecule has 0 fully saturated rings. The van der Waals surface area contributed by atoms with Crippen molar-refractivity contribution in [3.8, 4) is 23.7 Å². The van der Waals surface area contributed by atoms with Crippen molar-refractivity contribution < 1.29 is 0 Å². The highest BCUT2D eigenvalue weighted by atomic mass is 15.0. The third-order valence-corrected chi connectivity index (χ3v) is 1.82. The molecule has 0 atom stereocenters. The molecule has 0 saturated carbocycles. The lowest BCUT2D eigenvalue weighted by molar-refractivity contribution is 1.05. The minimum absolute atomic E-state index is 0.605. The zero-order chi connectivity index (χ0) is 9.80. The van der Waals surface area contributed by atoms with Crippen LogP contribution in [0.5, 0.6) is 0 Å². The fraction of sp³-hybridized carbons (Fsp3) is 0. The SMILES string of the molecule is C#Cc1ccccc1-c1ncncn1. The summed E-state index contributed by atoms with van der Waals surface area (Å²) in [6, 6.07) is 7.55. The molecular weight excluding hydrogens is 174 g/mol. The van der Waals surface area contributed by atoms with Gasteiger partial charge in [-0.3, -0.25) is 0 Å². The number of hydrogen-bond donors (Lipinski definition) is 0. The maximum atomic E-state index is 5.37. The van der Waals surface area contributed by atoms with Crippen LogP contribution in [0.15, 0.2) is 36.9 Å². The predicted molar refractivity (Wildman–Crippen MR) is 53.2 cm³/mol. The van der Waals surface area contributed by atoms with E-state index in [1.807, 2.05) is 24.3 Å². The summed E-state index contributed by atoms with van der Waals surface area (Å²) in [5.41, 5.74) is 1.65. The van der Waals surface area contributed by atoms with Crippen LogP contribution in [-0.4, -0.2) is 15.0 Å². The molecule has 0 unspecified atom stereocenters.